The largest absolute Gasteiger partial charge is 0.382 e. The molecular formula is C14H20ClN. The van der Waals surface area contributed by atoms with E-state index in [0.29, 0.717) is 6.04 Å². The molecule has 0 spiro atoms. The van der Waals surface area contributed by atoms with Crippen LogP contribution in [0, 0.1) is 11.8 Å². The van der Waals surface area contributed by atoms with Crippen LogP contribution in [0.3, 0.4) is 0 Å². The first-order valence-electron chi connectivity index (χ1n) is 6.17. The highest BCUT2D eigenvalue weighted by Gasteiger charge is 2.24. The third-order valence-corrected chi connectivity index (χ3v) is 3.88. The van der Waals surface area contributed by atoms with Gasteiger partial charge in [-0.3, -0.25) is 0 Å². The molecule has 1 aromatic carbocycles. The highest BCUT2D eigenvalue weighted by Crippen LogP contribution is 2.30. The van der Waals surface area contributed by atoms with Crippen LogP contribution in [0.4, 0.5) is 5.69 Å². The van der Waals surface area contributed by atoms with Crippen LogP contribution in [0.25, 0.3) is 0 Å². The molecule has 3 atom stereocenters. The summed E-state index contributed by atoms with van der Waals surface area (Å²) in [5.74, 6) is 1.65. The monoisotopic (exact) mass is 237 g/mol. The van der Waals surface area contributed by atoms with Gasteiger partial charge < -0.3 is 5.32 Å². The van der Waals surface area contributed by atoms with Gasteiger partial charge in [0.05, 0.1) is 0 Å². The molecule has 1 fully saturated rings. The van der Waals surface area contributed by atoms with Gasteiger partial charge in [-0.25, -0.2) is 0 Å². The van der Waals surface area contributed by atoms with Crippen molar-refractivity contribution in [3.05, 3.63) is 29.3 Å². The molecule has 0 heterocycles. The number of anilines is 1. The first-order valence-corrected chi connectivity index (χ1v) is 6.55. The van der Waals surface area contributed by atoms with E-state index in [0.717, 1.165) is 16.9 Å². The summed E-state index contributed by atoms with van der Waals surface area (Å²) < 4.78 is 0. The Hall–Kier alpha value is -0.690. The molecule has 0 bridgehead atoms. The predicted octanol–water partition coefficient (Wildman–Crippen LogP) is 4.58. The Kier molecular flexibility index (Phi) is 3.75. The fourth-order valence-electron chi connectivity index (χ4n) is 2.64. The SMILES string of the molecule is CC1CCC(Nc2ccc(Cl)cc2)C(C)C1. The second-order valence-electron chi connectivity index (χ2n) is 5.15. The molecule has 1 nitrogen and oxygen atoms in total. The first kappa shape index (κ1) is 11.8. The van der Waals surface area contributed by atoms with Crippen molar-refractivity contribution in [1.82, 2.24) is 0 Å². The van der Waals surface area contributed by atoms with Crippen LogP contribution in [0.2, 0.25) is 5.02 Å². The van der Waals surface area contributed by atoms with E-state index in [1.165, 1.54) is 24.9 Å². The van der Waals surface area contributed by atoms with Crippen LogP contribution in [-0.4, -0.2) is 6.04 Å². The van der Waals surface area contributed by atoms with Gasteiger partial charge in [0.1, 0.15) is 0 Å². The molecule has 3 unspecified atom stereocenters. The third-order valence-electron chi connectivity index (χ3n) is 3.63. The van der Waals surface area contributed by atoms with Crippen molar-refractivity contribution in [3.63, 3.8) is 0 Å². The average Bonchev–Trinajstić information content (AvgIpc) is 2.25. The quantitative estimate of drug-likeness (QED) is 0.794. The van der Waals surface area contributed by atoms with Crippen molar-refractivity contribution in [2.75, 3.05) is 5.32 Å². The summed E-state index contributed by atoms with van der Waals surface area (Å²) in [6.07, 6.45) is 3.96. The van der Waals surface area contributed by atoms with Gasteiger partial charge in [0.15, 0.2) is 0 Å². The van der Waals surface area contributed by atoms with E-state index in [1.807, 2.05) is 12.1 Å². The molecule has 1 aliphatic carbocycles. The zero-order valence-electron chi connectivity index (χ0n) is 10.0. The van der Waals surface area contributed by atoms with E-state index in [4.69, 9.17) is 11.6 Å². The minimum absolute atomic E-state index is 0.623. The number of hydrogen-bond donors (Lipinski definition) is 1. The fraction of sp³-hybridized carbons (Fsp3) is 0.571. The van der Waals surface area contributed by atoms with Gasteiger partial charge in [0, 0.05) is 16.8 Å². The molecule has 0 aliphatic heterocycles. The van der Waals surface area contributed by atoms with Crippen LogP contribution in [-0.2, 0) is 0 Å². The highest BCUT2D eigenvalue weighted by atomic mass is 35.5. The first-order chi connectivity index (χ1) is 7.65. The summed E-state index contributed by atoms with van der Waals surface area (Å²) in [5.41, 5.74) is 1.19. The molecule has 1 saturated carbocycles. The smallest absolute Gasteiger partial charge is 0.0407 e. The Morgan fingerprint density at radius 3 is 2.44 bits per heavy atom. The van der Waals surface area contributed by atoms with E-state index in [-0.39, 0.29) is 0 Å². The molecule has 2 heteroatoms. The zero-order valence-corrected chi connectivity index (χ0v) is 10.8. The molecule has 88 valence electrons. The van der Waals surface area contributed by atoms with Gasteiger partial charge in [-0.1, -0.05) is 25.4 Å². The molecule has 2 rings (SSSR count). The minimum atomic E-state index is 0.623. The maximum Gasteiger partial charge on any atom is 0.0407 e. The summed E-state index contributed by atoms with van der Waals surface area (Å²) in [7, 11) is 0. The summed E-state index contributed by atoms with van der Waals surface area (Å²) in [6, 6.07) is 8.64. The van der Waals surface area contributed by atoms with Gasteiger partial charge >= 0.3 is 0 Å². The molecule has 16 heavy (non-hydrogen) atoms. The Bertz CT molecular complexity index is 333. The second-order valence-corrected chi connectivity index (χ2v) is 5.59. The van der Waals surface area contributed by atoms with E-state index >= 15 is 0 Å². The number of nitrogens with one attached hydrogen (secondary N) is 1. The molecule has 1 aromatic rings. The van der Waals surface area contributed by atoms with Crippen LogP contribution >= 0.6 is 11.6 Å². The average molecular weight is 238 g/mol. The molecule has 1 aliphatic rings. The third kappa shape index (κ3) is 2.91. The Labute approximate surface area is 103 Å². The lowest BCUT2D eigenvalue weighted by molar-refractivity contribution is 0.276. The number of rotatable bonds is 2. The lowest BCUT2D eigenvalue weighted by Crippen LogP contribution is -2.32. The van der Waals surface area contributed by atoms with Gasteiger partial charge in [0.2, 0.25) is 0 Å². The molecule has 0 amide bonds. The van der Waals surface area contributed by atoms with Crippen molar-refractivity contribution in [1.29, 1.82) is 0 Å². The van der Waals surface area contributed by atoms with Crippen LogP contribution in [0.1, 0.15) is 33.1 Å². The predicted molar refractivity (Wildman–Crippen MR) is 71.0 cm³/mol. The van der Waals surface area contributed by atoms with E-state index < -0.39 is 0 Å². The van der Waals surface area contributed by atoms with Crippen molar-refractivity contribution >= 4 is 17.3 Å². The summed E-state index contributed by atoms with van der Waals surface area (Å²) in [4.78, 5) is 0. The van der Waals surface area contributed by atoms with Crippen LogP contribution in [0.15, 0.2) is 24.3 Å². The molecule has 1 N–H and O–H groups in total. The lowest BCUT2D eigenvalue weighted by Gasteiger charge is -2.33. The Balaban J connectivity index is 1.96. The maximum atomic E-state index is 5.87. The van der Waals surface area contributed by atoms with Crippen LogP contribution < -0.4 is 5.32 Å². The number of hydrogen-bond acceptors (Lipinski definition) is 1. The van der Waals surface area contributed by atoms with Gasteiger partial charge in [-0.15, -0.1) is 0 Å². The molecule has 0 radical (unpaired) electrons. The lowest BCUT2D eigenvalue weighted by atomic mass is 9.80. The Morgan fingerprint density at radius 1 is 1.12 bits per heavy atom. The molecular weight excluding hydrogens is 218 g/mol. The van der Waals surface area contributed by atoms with Crippen molar-refractivity contribution < 1.29 is 0 Å². The van der Waals surface area contributed by atoms with E-state index in [9.17, 15) is 0 Å². The van der Waals surface area contributed by atoms with Gasteiger partial charge in [0.25, 0.3) is 0 Å². The maximum absolute atomic E-state index is 5.87. The van der Waals surface area contributed by atoms with E-state index in [2.05, 4.69) is 31.3 Å². The fourth-order valence-corrected chi connectivity index (χ4v) is 2.77. The summed E-state index contributed by atoms with van der Waals surface area (Å²) in [6.45, 7) is 4.71. The standard InChI is InChI=1S/C14H20ClN/c1-10-3-8-14(11(2)9-10)16-13-6-4-12(15)5-7-13/h4-7,10-11,14,16H,3,8-9H2,1-2H3. The van der Waals surface area contributed by atoms with E-state index in [1.54, 1.807) is 0 Å². The number of halogens is 1. The van der Waals surface area contributed by atoms with Gasteiger partial charge in [-0.05, 0) is 55.4 Å². The molecule has 0 saturated heterocycles. The zero-order chi connectivity index (χ0) is 11.5. The normalized spacial score (nSPS) is 30.1. The number of benzene rings is 1. The van der Waals surface area contributed by atoms with Crippen molar-refractivity contribution in [3.8, 4) is 0 Å². The topological polar surface area (TPSA) is 12.0 Å². The van der Waals surface area contributed by atoms with Crippen molar-refractivity contribution in [2.45, 2.75) is 39.2 Å². The molecule has 0 aromatic heterocycles. The Morgan fingerprint density at radius 2 is 1.81 bits per heavy atom. The van der Waals surface area contributed by atoms with Crippen molar-refractivity contribution in [2.24, 2.45) is 11.8 Å². The summed E-state index contributed by atoms with van der Waals surface area (Å²) in [5, 5.41) is 4.42. The second kappa shape index (κ2) is 5.09. The minimum Gasteiger partial charge on any atom is -0.382 e. The van der Waals surface area contributed by atoms with Crippen LogP contribution in [0.5, 0.6) is 0 Å². The van der Waals surface area contributed by atoms with Gasteiger partial charge in [-0.2, -0.15) is 0 Å². The summed E-state index contributed by atoms with van der Waals surface area (Å²) >= 11 is 5.87. The highest BCUT2D eigenvalue weighted by molar-refractivity contribution is 6.30.